The van der Waals surface area contributed by atoms with Crippen LogP contribution in [0.15, 0.2) is 28.7 Å². The van der Waals surface area contributed by atoms with Crippen LogP contribution in [0, 0.1) is 0 Å². The third-order valence-corrected chi connectivity index (χ3v) is 4.27. The average Bonchev–Trinajstić information content (AvgIpc) is 3.05. The molecule has 2 aromatic rings. The Labute approximate surface area is 118 Å². The zero-order valence-corrected chi connectivity index (χ0v) is 12.5. The van der Waals surface area contributed by atoms with Gasteiger partial charge in [0.2, 0.25) is 0 Å². The van der Waals surface area contributed by atoms with Gasteiger partial charge >= 0.3 is 0 Å². The molecule has 1 atom stereocenters. The molecule has 0 saturated carbocycles. The summed E-state index contributed by atoms with van der Waals surface area (Å²) in [6.45, 7) is 5.72. The van der Waals surface area contributed by atoms with Crippen molar-refractivity contribution in [3.63, 3.8) is 0 Å². The first-order chi connectivity index (χ1) is 9.28. The van der Waals surface area contributed by atoms with Gasteiger partial charge in [-0.25, -0.2) is 0 Å². The van der Waals surface area contributed by atoms with Gasteiger partial charge in [-0.3, -0.25) is 0 Å². The number of ether oxygens (including phenoxy) is 1. The predicted molar refractivity (Wildman–Crippen MR) is 78.6 cm³/mol. The number of hydrogen-bond donors (Lipinski definition) is 1. The highest BCUT2D eigenvalue weighted by molar-refractivity contribution is 7.12. The third kappa shape index (κ3) is 3.47. The lowest BCUT2D eigenvalue weighted by Gasteiger charge is -2.13. The second-order valence-electron chi connectivity index (χ2n) is 4.39. The van der Waals surface area contributed by atoms with E-state index in [1.165, 1.54) is 9.75 Å². The molecule has 3 nitrogen and oxygen atoms in total. The van der Waals surface area contributed by atoms with Gasteiger partial charge in [0.15, 0.2) is 0 Å². The van der Waals surface area contributed by atoms with Crippen molar-refractivity contribution in [2.75, 3.05) is 13.7 Å². The van der Waals surface area contributed by atoms with E-state index in [2.05, 4.69) is 31.3 Å². The van der Waals surface area contributed by atoms with Crippen molar-refractivity contribution >= 4 is 11.3 Å². The number of hydrogen-bond acceptors (Lipinski definition) is 4. The smallest absolute Gasteiger partial charge is 0.129 e. The molecular formula is C15H21NO2S. The van der Waals surface area contributed by atoms with E-state index in [1.807, 2.05) is 23.5 Å². The molecule has 2 rings (SSSR count). The molecule has 0 saturated heterocycles. The predicted octanol–water partition coefficient (Wildman–Crippen LogP) is 3.75. The second-order valence-corrected chi connectivity index (χ2v) is 5.59. The van der Waals surface area contributed by atoms with Gasteiger partial charge in [-0.15, -0.1) is 11.3 Å². The second kappa shape index (κ2) is 6.89. The molecule has 104 valence electrons. The maximum atomic E-state index is 5.86. The number of methoxy groups -OCH3 is 1. The fourth-order valence-electron chi connectivity index (χ4n) is 2.05. The van der Waals surface area contributed by atoms with Gasteiger partial charge in [-0.1, -0.05) is 13.8 Å². The van der Waals surface area contributed by atoms with Crippen molar-refractivity contribution in [3.8, 4) is 0 Å². The normalized spacial score (nSPS) is 12.8. The van der Waals surface area contributed by atoms with Gasteiger partial charge in [0, 0.05) is 16.9 Å². The van der Waals surface area contributed by atoms with Gasteiger partial charge in [-0.05, 0) is 37.2 Å². The number of aryl methyl sites for hydroxylation is 1. The molecule has 0 fully saturated rings. The van der Waals surface area contributed by atoms with Crippen LogP contribution < -0.4 is 5.32 Å². The molecule has 0 spiro atoms. The Kier molecular flexibility index (Phi) is 5.19. The summed E-state index contributed by atoms with van der Waals surface area (Å²) >= 11 is 1.84. The van der Waals surface area contributed by atoms with Crippen molar-refractivity contribution in [2.24, 2.45) is 0 Å². The molecule has 0 amide bonds. The van der Waals surface area contributed by atoms with Crippen molar-refractivity contribution < 1.29 is 9.15 Å². The number of nitrogens with one attached hydrogen (secondary N) is 1. The van der Waals surface area contributed by atoms with Crippen LogP contribution in [-0.2, 0) is 17.8 Å². The van der Waals surface area contributed by atoms with Gasteiger partial charge in [0.25, 0.3) is 0 Å². The molecule has 4 heteroatoms. The molecule has 2 heterocycles. The van der Waals surface area contributed by atoms with Crippen LogP contribution >= 0.6 is 11.3 Å². The highest BCUT2D eigenvalue weighted by Gasteiger charge is 2.18. The average molecular weight is 279 g/mol. The maximum absolute atomic E-state index is 5.86. The van der Waals surface area contributed by atoms with Gasteiger partial charge in [0.05, 0.1) is 0 Å². The quantitative estimate of drug-likeness (QED) is 0.838. The lowest BCUT2D eigenvalue weighted by atomic mass is 10.2. The summed E-state index contributed by atoms with van der Waals surface area (Å²) < 4.78 is 11.0. The van der Waals surface area contributed by atoms with Crippen LogP contribution in [0.2, 0.25) is 0 Å². The van der Waals surface area contributed by atoms with Crippen LogP contribution in [-0.4, -0.2) is 13.7 Å². The monoisotopic (exact) mass is 279 g/mol. The minimum absolute atomic E-state index is 0.140. The Morgan fingerprint density at radius 1 is 1.26 bits per heavy atom. The summed E-state index contributed by atoms with van der Waals surface area (Å²) in [7, 11) is 1.68. The molecule has 2 aromatic heterocycles. The minimum atomic E-state index is 0.140. The van der Waals surface area contributed by atoms with Crippen molar-refractivity contribution in [1.82, 2.24) is 5.32 Å². The van der Waals surface area contributed by atoms with Gasteiger partial charge in [-0.2, -0.15) is 0 Å². The van der Waals surface area contributed by atoms with Crippen molar-refractivity contribution in [1.29, 1.82) is 0 Å². The topological polar surface area (TPSA) is 34.4 Å². The molecule has 19 heavy (non-hydrogen) atoms. The molecule has 0 aliphatic carbocycles. The fourth-order valence-corrected chi connectivity index (χ4v) is 3.09. The largest absolute Gasteiger partial charge is 0.462 e. The Hall–Kier alpha value is -1.10. The van der Waals surface area contributed by atoms with E-state index in [1.54, 1.807) is 7.11 Å². The number of thiophene rings is 1. The van der Waals surface area contributed by atoms with Crippen LogP contribution in [0.4, 0.5) is 0 Å². The highest BCUT2D eigenvalue weighted by Crippen LogP contribution is 2.30. The van der Waals surface area contributed by atoms with Crippen LogP contribution in [0.25, 0.3) is 0 Å². The first-order valence-electron chi connectivity index (χ1n) is 6.68. The van der Waals surface area contributed by atoms with E-state index >= 15 is 0 Å². The van der Waals surface area contributed by atoms with Gasteiger partial charge < -0.3 is 14.5 Å². The molecular weight excluding hydrogens is 258 g/mol. The van der Waals surface area contributed by atoms with Crippen molar-refractivity contribution in [3.05, 3.63) is 45.5 Å². The maximum Gasteiger partial charge on any atom is 0.129 e. The zero-order valence-electron chi connectivity index (χ0n) is 11.7. The zero-order chi connectivity index (χ0) is 13.7. The Balaban J connectivity index is 2.22. The van der Waals surface area contributed by atoms with E-state index < -0.39 is 0 Å². The first kappa shape index (κ1) is 14.3. The Morgan fingerprint density at radius 3 is 2.74 bits per heavy atom. The van der Waals surface area contributed by atoms with E-state index in [0.717, 1.165) is 24.5 Å². The fraction of sp³-hybridized carbons (Fsp3) is 0.467. The Bertz CT molecular complexity index is 504. The SMILES string of the molecule is CCNC(c1ccc(COC)o1)c1ccc(CC)s1. The number of furan rings is 1. The van der Waals surface area contributed by atoms with Gasteiger partial charge in [0.1, 0.15) is 24.2 Å². The summed E-state index contributed by atoms with van der Waals surface area (Å²) in [6.07, 6.45) is 1.08. The van der Waals surface area contributed by atoms with E-state index in [4.69, 9.17) is 9.15 Å². The third-order valence-electron chi connectivity index (χ3n) is 2.98. The molecule has 1 N–H and O–H groups in total. The summed E-state index contributed by atoms with van der Waals surface area (Å²) in [5, 5.41) is 3.48. The summed E-state index contributed by atoms with van der Waals surface area (Å²) in [6, 6.07) is 8.55. The summed E-state index contributed by atoms with van der Waals surface area (Å²) in [4.78, 5) is 2.71. The Morgan fingerprint density at radius 2 is 2.11 bits per heavy atom. The lowest BCUT2D eigenvalue weighted by molar-refractivity contribution is 0.162. The minimum Gasteiger partial charge on any atom is -0.462 e. The molecule has 0 aromatic carbocycles. The van der Waals surface area contributed by atoms with Crippen molar-refractivity contribution in [2.45, 2.75) is 32.9 Å². The molecule has 1 unspecified atom stereocenters. The molecule has 0 aliphatic rings. The highest BCUT2D eigenvalue weighted by atomic mass is 32.1. The molecule has 0 aliphatic heterocycles. The number of rotatable bonds is 7. The summed E-state index contributed by atoms with van der Waals surface area (Å²) in [5.74, 6) is 1.83. The summed E-state index contributed by atoms with van der Waals surface area (Å²) in [5.41, 5.74) is 0. The lowest BCUT2D eigenvalue weighted by Crippen LogP contribution is -2.20. The van der Waals surface area contributed by atoms with Crippen LogP contribution in [0.5, 0.6) is 0 Å². The van der Waals surface area contributed by atoms with Crippen LogP contribution in [0.1, 0.15) is 41.2 Å². The first-order valence-corrected chi connectivity index (χ1v) is 7.49. The van der Waals surface area contributed by atoms with E-state index in [0.29, 0.717) is 6.61 Å². The molecule has 0 radical (unpaired) electrons. The van der Waals surface area contributed by atoms with Crippen LogP contribution in [0.3, 0.4) is 0 Å². The van der Waals surface area contributed by atoms with E-state index in [-0.39, 0.29) is 6.04 Å². The standard InChI is InChI=1S/C15H21NO2S/c1-4-12-7-9-14(19-12)15(16-5-2)13-8-6-11(18-13)10-17-3/h6-9,15-16H,4-5,10H2,1-3H3. The molecule has 0 bridgehead atoms. The van der Waals surface area contributed by atoms with E-state index in [9.17, 15) is 0 Å².